The van der Waals surface area contributed by atoms with E-state index in [9.17, 15) is 8.42 Å². The SMILES string of the molecule is Cc1ncsc1CNS(=O)(=O)c1c(N)nc2ccccn12. The van der Waals surface area contributed by atoms with Crippen molar-refractivity contribution in [3.63, 3.8) is 0 Å². The third-order valence-electron chi connectivity index (χ3n) is 3.03. The number of thiazole rings is 1. The number of nitrogens with one attached hydrogen (secondary N) is 1. The topological polar surface area (TPSA) is 102 Å². The molecule has 110 valence electrons. The van der Waals surface area contributed by atoms with E-state index in [1.54, 1.807) is 29.9 Å². The zero-order valence-electron chi connectivity index (χ0n) is 11.1. The van der Waals surface area contributed by atoms with E-state index in [4.69, 9.17) is 5.73 Å². The molecule has 0 saturated heterocycles. The lowest BCUT2D eigenvalue weighted by Crippen LogP contribution is -2.25. The Morgan fingerprint density at radius 3 is 2.95 bits per heavy atom. The molecule has 7 nitrogen and oxygen atoms in total. The minimum Gasteiger partial charge on any atom is -0.381 e. The molecule has 0 radical (unpaired) electrons. The Morgan fingerprint density at radius 2 is 2.24 bits per heavy atom. The van der Waals surface area contributed by atoms with Crippen molar-refractivity contribution in [1.82, 2.24) is 19.1 Å². The van der Waals surface area contributed by atoms with E-state index in [1.807, 2.05) is 6.92 Å². The van der Waals surface area contributed by atoms with Crippen molar-refractivity contribution < 1.29 is 8.42 Å². The number of sulfonamides is 1. The molecule has 0 spiro atoms. The van der Waals surface area contributed by atoms with Crippen LogP contribution in [0.1, 0.15) is 10.6 Å². The molecule has 0 unspecified atom stereocenters. The highest BCUT2D eigenvalue weighted by atomic mass is 32.2. The summed E-state index contributed by atoms with van der Waals surface area (Å²) in [4.78, 5) is 9.01. The molecule has 0 aliphatic carbocycles. The lowest BCUT2D eigenvalue weighted by molar-refractivity contribution is 0.577. The molecule has 0 fully saturated rings. The van der Waals surface area contributed by atoms with Gasteiger partial charge in [-0.3, -0.25) is 4.40 Å². The van der Waals surface area contributed by atoms with Crippen LogP contribution in [0.2, 0.25) is 0 Å². The summed E-state index contributed by atoms with van der Waals surface area (Å²) in [5.41, 5.74) is 8.74. The van der Waals surface area contributed by atoms with Crippen LogP contribution in [-0.4, -0.2) is 22.8 Å². The summed E-state index contributed by atoms with van der Waals surface area (Å²) in [5, 5.41) is -0.0414. The minimum absolute atomic E-state index is 0.0188. The maximum atomic E-state index is 12.5. The van der Waals surface area contributed by atoms with E-state index in [-0.39, 0.29) is 17.4 Å². The predicted molar refractivity (Wildman–Crippen MR) is 80.5 cm³/mol. The smallest absolute Gasteiger partial charge is 0.260 e. The van der Waals surface area contributed by atoms with Crippen LogP contribution < -0.4 is 10.5 Å². The fourth-order valence-electron chi connectivity index (χ4n) is 1.98. The Balaban J connectivity index is 1.97. The Morgan fingerprint density at radius 1 is 1.43 bits per heavy atom. The number of nitrogens with zero attached hydrogens (tertiary/aromatic N) is 3. The van der Waals surface area contributed by atoms with Gasteiger partial charge in [-0.2, -0.15) is 0 Å². The highest BCUT2D eigenvalue weighted by Crippen LogP contribution is 2.20. The largest absolute Gasteiger partial charge is 0.381 e. The van der Waals surface area contributed by atoms with Crippen LogP contribution >= 0.6 is 11.3 Å². The third kappa shape index (κ3) is 2.50. The summed E-state index contributed by atoms with van der Waals surface area (Å²) in [6, 6.07) is 5.19. The number of fused-ring (bicyclic) bond motifs is 1. The van der Waals surface area contributed by atoms with Gasteiger partial charge < -0.3 is 5.73 Å². The summed E-state index contributed by atoms with van der Waals surface area (Å²) >= 11 is 1.40. The summed E-state index contributed by atoms with van der Waals surface area (Å²) in [6.07, 6.45) is 1.62. The molecule has 9 heteroatoms. The average Bonchev–Trinajstić information content (AvgIpc) is 2.99. The molecule has 3 rings (SSSR count). The van der Waals surface area contributed by atoms with E-state index in [0.29, 0.717) is 5.65 Å². The number of aryl methyl sites for hydroxylation is 1. The van der Waals surface area contributed by atoms with Gasteiger partial charge in [0, 0.05) is 17.6 Å². The zero-order chi connectivity index (χ0) is 15.0. The Bertz CT molecular complexity index is 897. The standard InChI is InChI=1S/C12H13N5O2S2/c1-8-9(20-7-14-8)6-15-21(18,19)12-11(13)16-10-4-2-3-5-17(10)12/h2-5,7,15H,6,13H2,1H3. The Labute approximate surface area is 125 Å². The maximum Gasteiger partial charge on any atom is 0.260 e. The van der Waals surface area contributed by atoms with Gasteiger partial charge in [0.1, 0.15) is 5.65 Å². The number of pyridine rings is 1. The van der Waals surface area contributed by atoms with Gasteiger partial charge in [-0.15, -0.1) is 11.3 Å². The second-order valence-corrected chi connectivity index (χ2v) is 7.04. The van der Waals surface area contributed by atoms with Gasteiger partial charge in [-0.05, 0) is 19.1 Å². The van der Waals surface area contributed by atoms with Gasteiger partial charge in [-0.1, -0.05) is 6.07 Å². The Hall–Kier alpha value is -1.97. The van der Waals surface area contributed by atoms with Crippen molar-refractivity contribution in [3.05, 3.63) is 40.5 Å². The van der Waals surface area contributed by atoms with E-state index >= 15 is 0 Å². The summed E-state index contributed by atoms with van der Waals surface area (Å²) in [5.74, 6) is -0.0188. The summed E-state index contributed by atoms with van der Waals surface area (Å²) < 4.78 is 28.9. The molecule has 3 aromatic rings. The van der Waals surface area contributed by atoms with Crippen molar-refractivity contribution >= 4 is 32.8 Å². The molecule has 3 aromatic heterocycles. The fraction of sp³-hybridized carbons (Fsp3) is 0.167. The van der Waals surface area contributed by atoms with E-state index in [1.165, 1.54) is 15.7 Å². The predicted octanol–water partition coefficient (Wildman–Crippen LogP) is 1.16. The first-order chi connectivity index (χ1) is 9.99. The number of imidazole rings is 1. The van der Waals surface area contributed by atoms with Crippen molar-refractivity contribution in [2.75, 3.05) is 5.73 Å². The van der Waals surface area contributed by atoms with Crippen LogP contribution in [0.5, 0.6) is 0 Å². The number of rotatable bonds is 4. The second-order valence-electron chi connectivity index (χ2n) is 4.42. The van der Waals surface area contributed by atoms with Gasteiger partial charge in [0.2, 0.25) is 0 Å². The van der Waals surface area contributed by atoms with Gasteiger partial charge in [0.05, 0.1) is 11.2 Å². The average molecular weight is 323 g/mol. The molecule has 21 heavy (non-hydrogen) atoms. The molecule has 0 saturated carbocycles. The molecule has 3 N–H and O–H groups in total. The first kappa shape index (κ1) is 14.0. The van der Waals surface area contributed by atoms with Crippen LogP contribution in [-0.2, 0) is 16.6 Å². The first-order valence-electron chi connectivity index (χ1n) is 6.10. The number of hydrogen-bond donors (Lipinski definition) is 2. The van der Waals surface area contributed by atoms with Crippen LogP contribution in [0, 0.1) is 6.92 Å². The normalized spacial score (nSPS) is 12.0. The highest BCUT2D eigenvalue weighted by molar-refractivity contribution is 7.89. The van der Waals surface area contributed by atoms with Crippen LogP contribution in [0.4, 0.5) is 5.82 Å². The fourth-order valence-corrected chi connectivity index (χ4v) is 4.00. The molecule has 0 bridgehead atoms. The van der Waals surface area contributed by atoms with E-state index in [2.05, 4.69) is 14.7 Å². The molecule has 0 amide bonds. The molecule has 0 aromatic carbocycles. The molecule has 3 heterocycles. The van der Waals surface area contributed by atoms with E-state index < -0.39 is 10.0 Å². The molecule has 0 aliphatic rings. The molecule has 0 aliphatic heterocycles. The molecular weight excluding hydrogens is 310 g/mol. The number of aromatic nitrogens is 3. The number of nitrogen functional groups attached to an aromatic ring is 1. The lowest BCUT2D eigenvalue weighted by atomic mass is 10.4. The van der Waals surface area contributed by atoms with Crippen LogP contribution in [0.15, 0.2) is 34.9 Å². The van der Waals surface area contributed by atoms with Crippen molar-refractivity contribution in [2.45, 2.75) is 18.5 Å². The maximum absolute atomic E-state index is 12.5. The van der Waals surface area contributed by atoms with Crippen molar-refractivity contribution in [1.29, 1.82) is 0 Å². The van der Waals surface area contributed by atoms with Crippen molar-refractivity contribution in [3.8, 4) is 0 Å². The Kier molecular flexibility index (Phi) is 3.40. The number of nitrogens with two attached hydrogens (primary N) is 1. The zero-order valence-corrected chi connectivity index (χ0v) is 12.8. The summed E-state index contributed by atoms with van der Waals surface area (Å²) in [7, 11) is -3.76. The van der Waals surface area contributed by atoms with Crippen molar-refractivity contribution in [2.24, 2.45) is 0 Å². The van der Waals surface area contributed by atoms with Gasteiger partial charge in [0.15, 0.2) is 10.8 Å². The third-order valence-corrected chi connectivity index (χ3v) is 5.41. The molecule has 0 atom stereocenters. The van der Waals surface area contributed by atoms with Crippen LogP contribution in [0.25, 0.3) is 5.65 Å². The molecular formula is C12H13N5O2S2. The minimum atomic E-state index is -3.76. The number of anilines is 1. The lowest BCUT2D eigenvalue weighted by Gasteiger charge is -2.06. The first-order valence-corrected chi connectivity index (χ1v) is 8.46. The van der Waals surface area contributed by atoms with Gasteiger partial charge in [-0.25, -0.2) is 23.1 Å². The highest BCUT2D eigenvalue weighted by Gasteiger charge is 2.23. The quantitative estimate of drug-likeness (QED) is 0.750. The van der Waals surface area contributed by atoms with Gasteiger partial charge >= 0.3 is 0 Å². The van der Waals surface area contributed by atoms with Crippen LogP contribution in [0.3, 0.4) is 0 Å². The monoisotopic (exact) mass is 323 g/mol. The van der Waals surface area contributed by atoms with E-state index in [0.717, 1.165) is 10.6 Å². The van der Waals surface area contributed by atoms with Gasteiger partial charge in [0.25, 0.3) is 10.0 Å². The summed E-state index contributed by atoms with van der Waals surface area (Å²) in [6.45, 7) is 2.01. The number of hydrogen-bond acceptors (Lipinski definition) is 6. The second kappa shape index (κ2) is 5.10.